The van der Waals surface area contributed by atoms with Gasteiger partial charge in [0.25, 0.3) is 5.91 Å². The van der Waals surface area contributed by atoms with E-state index in [9.17, 15) is 14.7 Å². The zero-order valence-corrected chi connectivity index (χ0v) is 15.7. The Labute approximate surface area is 155 Å². The van der Waals surface area contributed by atoms with Crippen LogP contribution in [-0.2, 0) is 4.79 Å². The first-order valence-corrected chi connectivity index (χ1v) is 8.76. The fourth-order valence-corrected chi connectivity index (χ4v) is 2.73. The van der Waals surface area contributed by atoms with Gasteiger partial charge in [-0.1, -0.05) is 48.0 Å². The Morgan fingerprint density at radius 1 is 1.24 bits per heavy atom. The van der Waals surface area contributed by atoms with Crippen LogP contribution in [0, 0.1) is 0 Å². The van der Waals surface area contributed by atoms with Crippen LogP contribution < -0.4 is 10.1 Å². The molecule has 0 aromatic heterocycles. The molecule has 6 heteroatoms. The van der Waals surface area contributed by atoms with Crippen LogP contribution in [0.2, 0.25) is 0 Å². The van der Waals surface area contributed by atoms with Crippen molar-refractivity contribution < 1.29 is 19.4 Å². The van der Waals surface area contributed by atoms with Crippen molar-refractivity contribution in [3.8, 4) is 5.75 Å². The topological polar surface area (TPSA) is 75.6 Å². The average molecular weight is 406 g/mol. The van der Waals surface area contributed by atoms with Crippen LogP contribution in [0.1, 0.15) is 42.1 Å². The molecular weight excluding hydrogens is 386 g/mol. The van der Waals surface area contributed by atoms with Crippen molar-refractivity contribution in [2.45, 2.75) is 26.2 Å². The number of carbonyl (C=O) groups is 2. The molecule has 2 aromatic rings. The molecule has 2 aromatic carbocycles. The Hall–Kier alpha value is -2.34. The van der Waals surface area contributed by atoms with Crippen molar-refractivity contribution in [1.82, 2.24) is 0 Å². The average Bonchev–Trinajstić information content (AvgIpc) is 2.61. The van der Waals surface area contributed by atoms with E-state index in [2.05, 4.69) is 35.1 Å². The first-order valence-electron chi connectivity index (χ1n) is 7.96. The van der Waals surface area contributed by atoms with Crippen LogP contribution in [0.15, 0.2) is 46.9 Å². The SMILES string of the molecule is CCC(C)c1ccccc1OCC(=O)Nc1ccc(Br)cc1C(=O)O. The molecule has 2 N–H and O–H groups in total. The Kier molecular flexibility index (Phi) is 6.58. The second kappa shape index (κ2) is 8.67. The van der Waals surface area contributed by atoms with Crippen LogP contribution in [0.25, 0.3) is 0 Å². The van der Waals surface area contributed by atoms with Gasteiger partial charge in [0.1, 0.15) is 5.75 Å². The molecule has 1 amide bonds. The minimum Gasteiger partial charge on any atom is -0.483 e. The van der Waals surface area contributed by atoms with E-state index in [1.807, 2.05) is 24.3 Å². The third kappa shape index (κ3) is 5.06. The summed E-state index contributed by atoms with van der Waals surface area (Å²) in [5, 5.41) is 11.8. The molecule has 1 unspecified atom stereocenters. The van der Waals surface area contributed by atoms with Gasteiger partial charge in [-0.25, -0.2) is 4.79 Å². The number of ether oxygens (including phenoxy) is 1. The highest BCUT2D eigenvalue weighted by Crippen LogP contribution is 2.28. The predicted octanol–water partition coefficient (Wildman–Crippen LogP) is 4.68. The fraction of sp³-hybridized carbons (Fsp3) is 0.263. The summed E-state index contributed by atoms with van der Waals surface area (Å²) in [5.41, 5.74) is 1.30. The monoisotopic (exact) mass is 405 g/mol. The Morgan fingerprint density at radius 3 is 2.64 bits per heavy atom. The van der Waals surface area contributed by atoms with Gasteiger partial charge >= 0.3 is 5.97 Å². The van der Waals surface area contributed by atoms with Crippen LogP contribution in [0.4, 0.5) is 5.69 Å². The molecule has 132 valence electrons. The summed E-state index contributed by atoms with van der Waals surface area (Å²) in [6.45, 7) is 4.00. The summed E-state index contributed by atoms with van der Waals surface area (Å²) in [6.07, 6.45) is 0.966. The number of hydrogen-bond donors (Lipinski definition) is 2. The maximum atomic E-state index is 12.2. The van der Waals surface area contributed by atoms with Gasteiger partial charge < -0.3 is 15.2 Å². The highest BCUT2D eigenvalue weighted by atomic mass is 79.9. The number of aromatic carboxylic acids is 1. The smallest absolute Gasteiger partial charge is 0.337 e. The van der Waals surface area contributed by atoms with Crippen molar-refractivity contribution in [1.29, 1.82) is 0 Å². The molecule has 0 radical (unpaired) electrons. The van der Waals surface area contributed by atoms with Crippen LogP contribution in [0.5, 0.6) is 5.75 Å². The highest BCUT2D eigenvalue weighted by molar-refractivity contribution is 9.10. The van der Waals surface area contributed by atoms with E-state index in [0.29, 0.717) is 16.1 Å². The second-order valence-corrected chi connectivity index (χ2v) is 6.59. The summed E-state index contributed by atoms with van der Waals surface area (Å²) >= 11 is 3.22. The molecule has 0 spiro atoms. The van der Waals surface area contributed by atoms with E-state index >= 15 is 0 Å². The number of amides is 1. The number of para-hydroxylation sites is 1. The van der Waals surface area contributed by atoms with Crippen molar-refractivity contribution >= 4 is 33.5 Å². The van der Waals surface area contributed by atoms with E-state index < -0.39 is 11.9 Å². The van der Waals surface area contributed by atoms with Gasteiger partial charge in [-0.05, 0) is 42.2 Å². The number of carboxylic acid groups (broad SMARTS) is 1. The van der Waals surface area contributed by atoms with Gasteiger partial charge in [-0.3, -0.25) is 4.79 Å². The molecule has 0 aliphatic rings. The molecule has 0 heterocycles. The number of hydrogen-bond acceptors (Lipinski definition) is 3. The first kappa shape index (κ1) is 19.0. The van der Waals surface area contributed by atoms with Crippen LogP contribution >= 0.6 is 15.9 Å². The van der Waals surface area contributed by atoms with Crippen molar-refractivity contribution in [3.63, 3.8) is 0 Å². The molecule has 0 aliphatic heterocycles. The quantitative estimate of drug-likeness (QED) is 0.700. The fourth-order valence-electron chi connectivity index (χ4n) is 2.37. The van der Waals surface area contributed by atoms with Gasteiger partial charge in [-0.2, -0.15) is 0 Å². The Balaban J connectivity index is 2.07. The Bertz CT molecular complexity index is 776. The highest BCUT2D eigenvalue weighted by Gasteiger charge is 2.15. The molecule has 0 aliphatic carbocycles. The molecular formula is C19H20BrNO4. The summed E-state index contributed by atoms with van der Waals surface area (Å²) in [7, 11) is 0. The number of benzene rings is 2. The maximum Gasteiger partial charge on any atom is 0.337 e. The van der Waals surface area contributed by atoms with Gasteiger partial charge in [-0.15, -0.1) is 0 Å². The van der Waals surface area contributed by atoms with E-state index in [0.717, 1.165) is 12.0 Å². The number of halogens is 1. The standard InChI is InChI=1S/C19H20BrNO4/c1-3-12(2)14-6-4-5-7-17(14)25-11-18(22)21-16-9-8-13(20)10-15(16)19(23)24/h4-10,12H,3,11H2,1-2H3,(H,21,22)(H,23,24). The lowest BCUT2D eigenvalue weighted by atomic mass is 9.98. The zero-order chi connectivity index (χ0) is 18.4. The summed E-state index contributed by atoms with van der Waals surface area (Å²) in [5.74, 6) is -0.533. The van der Waals surface area contributed by atoms with E-state index in [-0.39, 0.29) is 17.9 Å². The van der Waals surface area contributed by atoms with Gasteiger partial charge in [0, 0.05) is 4.47 Å². The maximum absolute atomic E-state index is 12.2. The number of anilines is 1. The summed E-state index contributed by atoms with van der Waals surface area (Å²) < 4.78 is 6.28. The van der Waals surface area contributed by atoms with E-state index in [1.165, 1.54) is 6.07 Å². The van der Waals surface area contributed by atoms with Crippen LogP contribution in [-0.4, -0.2) is 23.6 Å². The lowest BCUT2D eigenvalue weighted by Gasteiger charge is -2.15. The minimum absolute atomic E-state index is 0.0164. The largest absolute Gasteiger partial charge is 0.483 e. The molecule has 5 nitrogen and oxygen atoms in total. The van der Waals surface area contributed by atoms with Crippen molar-refractivity contribution in [3.05, 3.63) is 58.1 Å². The predicted molar refractivity (Wildman–Crippen MR) is 100 cm³/mol. The third-order valence-electron chi connectivity index (χ3n) is 3.91. The number of rotatable bonds is 7. The number of carbonyl (C=O) groups excluding carboxylic acids is 1. The van der Waals surface area contributed by atoms with Gasteiger partial charge in [0.05, 0.1) is 11.3 Å². The van der Waals surface area contributed by atoms with Crippen LogP contribution in [0.3, 0.4) is 0 Å². The Morgan fingerprint density at radius 2 is 1.96 bits per heavy atom. The molecule has 1 atom stereocenters. The summed E-state index contributed by atoms with van der Waals surface area (Å²) in [6, 6.07) is 12.3. The lowest BCUT2D eigenvalue weighted by molar-refractivity contribution is -0.118. The second-order valence-electron chi connectivity index (χ2n) is 5.68. The first-order chi connectivity index (χ1) is 11.9. The normalized spacial score (nSPS) is 11.6. The van der Waals surface area contributed by atoms with Crippen molar-refractivity contribution in [2.24, 2.45) is 0 Å². The van der Waals surface area contributed by atoms with E-state index in [1.54, 1.807) is 12.1 Å². The lowest BCUT2D eigenvalue weighted by Crippen LogP contribution is -2.22. The number of carboxylic acids is 1. The van der Waals surface area contributed by atoms with Gasteiger partial charge in [0.15, 0.2) is 6.61 Å². The van der Waals surface area contributed by atoms with Gasteiger partial charge in [0.2, 0.25) is 0 Å². The van der Waals surface area contributed by atoms with E-state index in [4.69, 9.17) is 4.74 Å². The molecule has 0 fully saturated rings. The van der Waals surface area contributed by atoms with Crippen molar-refractivity contribution in [2.75, 3.05) is 11.9 Å². The molecule has 25 heavy (non-hydrogen) atoms. The molecule has 0 saturated carbocycles. The molecule has 0 bridgehead atoms. The third-order valence-corrected chi connectivity index (χ3v) is 4.40. The zero-order valence-electron chi connectivity index (χ0n) is 14.1. The number of nitrogens with one attached hydrogen (secondary N) is 1. The molecule has 0 saturated heterocycles. The summed E-state index contributed by atoms with van der Waals surface area (Å²) in [4.78, 5) is 23.4. The molecule has 2 rings (SSSR count). The minimum atomic E-state index is -1.11.